The van der Waals surface area contributed by atoms with Crippen LogP contribution >= 0.6 is 18.2 Å². The Kier molecular flexibility index (Phi) is 10.5. The molecule has 0 spiro atoms. The van der Waals surface area contributed by atoms with E-state index in [1.54, 1.807) is 25.3 Å². The van der Waals surface area contributed by atoms with Crippen LogP contribution in [0.3, 0.4) is 0 Å². The number of nitrogens with two attached hydrogens (primary N) is 1. The van der Waals surface area contributed by atoms with E-state index in [-0.39, 0.29) is 12.2 Å². The molecule has 2 fully saturated rings. The molecular weight excluding hydrogens is 665 g/mol. The second kappa shape index (κ2) is 14.1. The van der Waals surface area contributed by atoms with E-state index in [4.69, 9.17) is 33.7 Å². The molecule has 5 rings (SSSR count). The van der Waals surface area contributed by atoms with Crippen LogP contribution in [0.5, 0.6) is 0 Å². The third-order valence-electron chi connectivity index (χ3n) is 7.43. The van der Waals surface area contributed by atoms with E-state index < -0.39 is 91.6 Å². The van der Waals surface area contributed by atoms with Crippen molar-refractivity contribution in [2.75, 3.05) is 32.0 Å². The van der Waals surface area contributed by atoms with Gasteiger partial charge >= 0.3 is 18.5 Å². The number of esters is 1. The number of fused-ring (bicyclic) bond motifs is 1. The SMILES string of the molecule is CO[C@@H]1[C@H](OP(=O)(OC[C@H]2O[C@@H](n3cnc4c(N)ncnc43)C[C@@H]2O)SCOC(=O)C(C)(C)C)[C@@H](CO)O[C@H]1n1ccc(=O)[nH]c1=O. The lowest BCUT2D eigenvalue weighted by Crippen LogP contribution is -2.39. The largest absolute Gasteiger partial charge is 0.454 e. The highest BCUT2D eigenvalue weighted by molar-refractivity contribution is 8.55. The van der Waals surface area contributed by atoms with Crippen molar-refractivity contribution in [3.05, 3.63) is 45.8 Å². The molecule has 3 aromatic heterocycles. The minimum atomic E-state index is -4.34. The molecule has 19 nitrogen and oxygen atoms in total. The maximum absolute atomic E-state index is 14.3. The second-order valence-corrected chi connectivity index (χ2v) is 15.7. The molecule has 258 valence electrons. The molecule has 2 saturated heterocycles. The van der Waals surface area contributed by atoms with Crippen LogP contribution in [0.15, 0.2) is 34.5 Å². The van der Waals surface area contributed by atoms with Crippen molar-refractivity contribution in [2.45, 2.75) is 70.2 Å². The number of anilines is 1. The fraction of sp³-hybridized carbons (Fsp3) is 0.615. The Morgan fingerprint density at radius 3 is 2.64 bits per heavy atom. The number of carbonyl (C=O) groups is 1. The van der Waals surface area contributed by atoms with Crippen molar-refractivity contribution >= 4 is 41.1 Å². The summed E-state index contributed by atoms with van der Waals surface area (Å²) in [7, 11) is 1.29. The number of aromatic amines is 1. The number of H-pyrrole nitrogens is 1. The second-order valence-electron chi connectivity index (χ2n) is 11.7. The summed E-state index contributed by atoms with van der Waals surface area (Å²) in [5.41, 5.74) is 4.33. The van der Waals surface area contributed by atoms with Crippen LogP contribution < -0.4 is 17.0 Å². The van der Waals surface area contributed by atoms with E-state index in [0.717, 1.165) is 10.6 Å². The van der Waals surface area contributed by atoms with E-state index >= 15 is 0 Å². The summed E-state index contributed by atoms with van der Waals surface area (Å²) in [5.74, 6) is -0.839. The lowest BCUT2D eigenvalue weighted by atomic mass is 9.98. The van der Waals surface area contributed by atoms with Gasteiger partial charge in [0.2, 0.25) is 0 Å². The highest BCUT2D eigenvalue weighted by atomic mass is 32.7. The number of aliphatic hydroxyl groups excluding tert-OH is 2. The van der Waals surface area contributed by atoms with Gasteiger partial charge in [0, 0.05) is 37.2 Å². The van der Waals surface area contributed by atoms with E-state index in [0.29, 0.717) is 22.5 Å². The summed E-state index contributed by atoms with van der Waals surface area (Å²) in [6.45, 7) is -0.471. The molecule has 21 heteroatoms. The van der Waals surface area contributed by atoms with E-state index in [1.807, 2.05) is 0 Å². The molecule has 5 N–H and O–H groups in total. The molecule has 2 aliphatic heterocycles. The van der Waals surface area contributed by atoms with Gasteiger partial charge in [-0.1, -0.05) is 0 Å². The Morgan fingerprint density at radius 1 is 1.19 bits per heavy atom. The average Bonchev–Trinajstić information content (AvgIpc) is 3.70. The number of nitrogens with zero attached hydrogens (tertiary/aromatic N) is 5. The van der Waals surface area contributed by atoms with Gasteiger partial charge in [-0.2, -0.15) is 0 Å². The first-order valence-corrected chi connectivity index (χ1v) is 17.5. The molecule has 0 amide bonds. The van der Waals surface area contributed by atoms with Crippen molar-refractivity contribution in [1.29, 1.82) is 0 Å². The zero-order chi connectivity index (χ0) is 34.1. The molecule has 2 aliphatic rings. The topological polar surface area (TPSA) is 254 Å². The smallest absolute Gasteiger partial charge is 0.392 e. The third-order valence-corrected chi connectivity index (χ3v) is 10.8. The number of nitrogens with one attached hydrogen (secondary N) is 1. The molecule has 0 saturated carbocycles. The monoisotopic (exact) mass is 701 g/mol. The quantitative estimate of drug-likeness (QED) is 0.112. The summed E-state index contributed by atoms with van der Waals surface area (Å²) >= 11 is 0.545. The standard InChI is InChI=1S/C26H36N7O12PS/c1-26(2,3)24(37)41-12-47-46(39,45-19-14(8-34)44-23(20(19)40-4)32-6-5-16(36)31-25(32)38)42-9-15-13(35)7-17(43-15)33-11-30-18-21(27)28-10-29-22(18)33/h5-6,10-11,13-15,17,19-20,23,34-35H,7-9,12H2,1-4H3,(H2,27,28,29)(H,31,36,38)/t13-,14+,15+,17+,19+,20+,23+,46?/m0/s1. The van der Waals surface area contributed by atoms with Crippen molar-refractivity contribution in [3.8, 4) is 0 Å². The van der Waals surface area contributed by atoms with Crippen LogP contribution in [0, 0.1) is 5.41 Å². The van der Waals surface area contributed by atoms with Crippen molar-refractivity contribution in [2.24, 2.45) is 5.41 Å². The molecule has 1 unspecified atom stereocenters. The maximum Gasteiger partial charge on any atom is 0.392 e. The summed E-state index contributed by atoms with van der Waals surface area (Å²) in [6, 6.07) is 1.10. The van der Waals surface area contributed by atoms with Crippen LogP contribution in [0.4, 0.5) is 5.82 Å². The summed E-state index contributed by atoms with van der Waals surface area (Å²) in [4.78, 5) is 51.0. The Labute approximate surface area is 271 Å². The van der Waals surface area contributed by atoms with Gasteiger partial charge in [-0.3, -0.25) is 32.8 Å². The van der Waals surface area contributed by atoms with E-state index in [1.165, 1.54) is 26.0 Å². The van der Waals surface area contributed by atoms with Gasteiger partial charge in [-0.25, -0.2) is 24.3 Å². The average molecular weight is 702 g/mol. The van der Waals surface area contributed by atoms with Crippen LogP contribution in [0.25, 0.3) is 11.2 Å². The van der Waals surface area contributed by atoms with Crippen LogP contribution in [-0.4, -0.2) is 102 Å². The molecule has 3 aromatic rings. The molecule has 8 atom stereocenters. The van der Waals surface area contributed by atoms with Gasteiger partial charge in [0.1, 0.15) is 48.4 Å². The number of aliphatic hydroxyl groups is 2. The first-order chi connectivity index (χ1) is 22.2. The van der Waals surface area contributed by atoms with E-state index in [9.17, 15) is 29.2 Å². The third kappa shape index (κ3) is 7.60. The minimum absolute atomic E-state index is 0.106. The Hall–Kier alpha value is -3.20. The first kappa shape index (κ1) is 35.1. The normalized spacial score (nSPS) is 27.7. The summed E-state index contributed by atoms with van der Waals surface area (Å²) in [6.07, 6.45) is -3.56. The number of carbonyl (C=O) groups excluding carboxylic acids is 1. The zero-order valence-electron chi connectivity index (χ0n) is 25.8. The fourth-order valence-electron chi connectivity index (χ4n) is 4.97. The van der Waals surface area contributed by atoms with Gasteiger partial charge in [-0.05, 0) is 20.8 Å². The number of imidazole rings is 1. The number of methoxy groups -OCH3 is 1. The minimum Gasteiger partial charge on any atom is -0.454 e. The Bertz CT molecular complexity index is 1740. The zero-order valence-corrected chi connectivity index (χ0v) is 27.5. The number of rotatable bonds is 12. The lowest BCUT2D eigenvalue weighted by molar-refractivity contribution is -0.150. The van der Waals surface area contributed by atoms with Crippen LogP contribution in [-0.2, 0) is 37.4 Å². The summed E-state index contributed by atoms with van der Waals surface area (Å²) in [5, 5.41) is 21.0. The molecule has 0 aromatic carbocycles. The van der Waals surface area contributed by atoms with Gasteiger partial charge in [0.05, 0.1) is 31.1 Å². The molecule has 0 aliphatic carbocycles. The van der Waals surface area contributed by atoms with Crippen molar-refractivity contribution in [1.82, 2.24) is 29.1 Å². The van der Waals surface area contributed by atoms with E-state index in [2.05, 4.69) is 19.9 Å². The maximum atomic E-state index is 14.3. The number of aromatic nitrogens is 6. The number of nitrogen functional groups attached to an aromatic ring is 1. The molecule has 47 heavy (non-hydrogen) atoms. The van der Waals surface area contributed by atoms with Crippen molar-refractivity contribution in [3.63, 3.8) is 0 Å². The predicted octanol–water partition coefficient (Wildman–Crippen LogP) is 0.302. The van der Waals surface area contributed by atoms with Crippen LogP contribution in [0.1, 0.15) is 39.6 Å². The van der Waals surface area contributed by atoms with Gasteiger partial charge in [-0.15, -0.1) is 0 Å². The first-order valence-electron chi connectivity index (χ1n) is 14.4. The highest BCUT2D eigenvalue weighted by Gasteiger charge is 2.51. The molecular formula is C26H36N7O12PS. The van der Waals surface area contributed by atoms with Crippen LogP contribution in [0.2, 0.25) is 0 Å². The molecule has 0 radical (unpaired) electrons. The van der Waals surface area contributed by atoms with Gasteiger partial charge in [0.15, 0.2) is 17.7 Å². The predicted molar refractivity (Wildman–Crippen MR) is 164 cm³/mol. The molecule has 0 bridgehead atoms. The fourth-order valence-corrected chi connectivity index (χ4v) is 7.77. The van der Waals surface area contributed by atoms with Gasteiger partial charge < -0.3 is 34.9 Å². The molecule has 5 heterocycles. The van der Waals surface area contributed by atoms with Crippen molar-refractivity contribution < 1.29 is 47.6 Å². The lowest BCUT2D eigenvalue weighted by Gasteiger charge is -2.28. The Balaban J connectivity index is 1.35. The highest BCUT2D eigenvalue weighted by Crippen LogP contribution is 2.63. The Morgan fingerprint density at radius 2 is 1.96 bits per heavy atom. The summed E-state index contributed by atoms with van der Waals surface area (Å²) < 4.78 is 51.4. The van der Waals surface area contributed by atoms with Gasteiger partial charge in [0.25, 0.3) is 5.56 Å². The number of ether oxygens (including phenoxy) is 4. The number of hydrogen-bond acceptors (Lipinski definition) is 17. The number of hydrogen-bond donors (Lipinski definition) is 4.